The van der Waals surface area contributed by atoms with E-state index in [1.807, 2.05) is 0 Å². The van der Waals surface area contributed by atoms with Crippen LogP contribution in [0.5, 0.6) is 5.75 Å². The molecule has 1 heterocycles. The van der Waals surface area contributed by atoms with E-state index in [1.54, 1.807) is 55.5 Å². The number of benzene rings is 4. The molecule has 1 amide bonds. The SMILES string of the molecule is COc1ccc(N(C(=O)C(F)(F)F)[C@@H](c2cn(S(=O)(=O)c3ccc(C)cc3)c3ccccc23)[C@@H](Cc2ccccc2)[N+](=O)[O-])cc1. The van der Waals surface area contributed by atoms with Gasteiger partial charge in [0.05, 0.1) is 17.5 Å². The molecule has 2 atom stereocenters. The number of alkyl halides is 3. The summed E-state index contributed by atoms with van der Waals surface area (Å²) in [7, 11) is -2.99. The first kappa shape index (κ1) is 32.2. The molecule has 0 bridgehead atoms. The van der Waals surface area contributed by atoms with Gasteiger partial charge in [-0.1, -0.05) is 66.2 Å². The van der Waals surface area contributed by atoms with Gasteiger partial charge in [0.2, 0.25) is 6.04 Å². The summed E-state index contributed by atoms with van der Waals surface area (Å²) < 4.78 is 77.0. The number of ether oxygens (including phenoxy) is 1. The number of carbonyl (C=O) groups excluding carboxylic acids is 1. The molecule has 5 rings (SSSR count). The molecular formula is C33H28F3N3O6S. The summed E-state index contributed by atoms with van der Waals surface area (Å²) in [5.41, 5.74) is 0.842. The van der Waals surface area contributed by atoms with E-state index in [1.165, 1.54) is 61.7 Å². The highest BCUT2D eigenvalue weighted by atomic mass is 32.2. The van der Waals surface area contributed by atoms with Gasteiger partial charge >= 0.3 is 12.1 Å². The van der Waals surface area contributed by atoms with E-state index in [0.717, 1.165) is 15.7 Å². The van der Waals surface area contributed by atoms with Gasteiger partial charge in [-0.05, 0) is 55.0 Å². The summed E-state index contributed by atoms with van der Waals surface area (Å²) in [6.45, 7) is 1.78. The summed E-state index contributed by atoms with van der Waals surface area (Å²) in [5.74, 6) is -2.09. The van der Waals surface area contributed by atoms with E-state index in [9.17, 15) is 36.5 Å². The predicted molar refractivity (Wildman–Crippen MR) is 166 cm³/mol. The van der Waals surface area contributed by atoms with Gasteiger partial charge in [0.15, 0.2) is 0 Å². The number of rotatable bonds is 10. The summed E-state index contributed by atoms with van der Waals surface area (Å²) in [6.07, 6.45) is -4.74. The van der Waals surface area contributed by atoms with Gasteiger partial charge < -0.3 is 4.74 Å². The largest absolute Gasteiger partial charge is 0.497 e. The minimum absolute atomic E-state index is 0.0685. The number of fused-ring (bicyclic) bond motifs is 1. The van der Waals surface area contributed by atoms with Gasteiger partial charge in [0.25, 0.3) is 10.0 Å². The highest BCUT2D eigenvalue weighted by Gasteiger charge is 2.51. The number of aryl methyl sites for hydroxylation is 1. The topological polar surface area (TPSA) is 112 Å². The normalized spacial score (nSPS) is 13.2. The van der Waals surface area contributed by atoms with E-state index >= 15 is 0 Å². The Morgan fingerprint density at radius 1 is 0.935 bits per heavy atom. The number of aromatic nitrogens is 1. The second-order valence-corrected chi connectivity index (χ2v) is 12.4. The van der Waals surface area contributed by atoms with Crippen molar-refractivity contribution in [2.75, 3.05) is 12.0 Å². The second-order valence-electron chi connectivity index (χ2n) is 10.6. The van der Waals surface area contributed by atoms with Gasteiger partial charge in [-0.3, -0.25) is 19.8 Å². The van der Waals surface area contributed by atoms with Crippen molar-refractivity contribution in [2.24, 2.45) is 0 Å². The van der Waals surface area contributed by atoms with Gasteiger partial charge in [-0.15, -0.1) is 0 Å². The van der Waals surface area contributed by atoms with Crippen LogP contribution in [0.3, 0.4) is 0 Å². The number of nitro groups is 1. The molecule has 0 unspecified atom stereocenters. The summed E-state index contributed by atoms with van der Waals surface area (Å²) in [5, 5.41) is 13.0. The van der Waals surface area contributed by atoms with Crippen LogP contribution in [0.25, 0.3) is 10.9 Å². The van der Waals surface area contributed by atoms with Crippen molar-refractivity contribution in [2.45, 2.75) is 36.5 Å². The number of halogens is 3. The molecule has 0 aliphatic carbocycles. The number of hydrogen-bond acceptors (Lipinski definition) is 6. The molecule has 0 radical (unpaired) electrons. The fourth-order valence-corrected chi connectivity index (χ4v) is 6.77. The van der Waals surface area contributed by atoms with Gasteiger partial charge in [-0.25, -0.2) is 12.4 Å². The molecule has 5 aromatic rings. The second kappa shape index (κ2) is 12.7. The number of amides is 1. The van der Waals surface area contributed by atoms with Crippen LogP contribution in [0.1, 0.15) is 22.7 Å². The maximum absolute atomic E-state index is 14.4. The molecule has 0 N–H and O–H groups in total. The zero-order chi connectivity index (χ0) is 33.2. The Balaban J connectivity index is 1.83. The molecule has 4 aromatic carbocycles. The van der Waals surface area contributed by atoms with Gasteiger partial charge in [0, 0.05) is 34.2 Å². The van der Waals surface area contributed by atoms with E-state index in [2.05, 4.69) is 0 Å². The third-order valence-electron chi connectivity index (χ3n) is 7.62. The molecular weight excluding hydrogens is 623 g/mol. The van der Waals surface area contributed by atoms with E-state index in [4.69, 9.17) is 4.74 Å². The maximum atomic E-state index is 14.4. The Hall–Kier alpha value is -5.17. The predicted octanol–water partition coefficient (Wildman–Crippen LogP) is 6.72. The van der Waals surface area contributed by atoms with Crippen LogP contribution in [0.4, 0.5) is 18.9 Å². The molecule has 9 nitrogen and oxygen atoms in total. The van der Waals surface area contributed by atoms with Crippen LogP contribution in [0.15, 0.2) is 114 Å². The standard InChI is InChI=1S/C33H28F3N3O6S/c1-22-12-18-26(19-13-22)46(43,44)37-21-28(27-10-6-7-11-29(27)37)31(30(39(41)42)20-23-8-4-3-5-9-23)38(32(40)33(34,35)36)24-14-16-25(45-2)17-15-24/h3-19,21,30-31H,20H2,1-2H3/t30-,31+/m1/s1. The Kier molecular flexibility index (Phi) is 8.88. The number of nitrogens with zero attached hydrogens (tertiary/aromatic N) is 3. The Morgan fingerprint density at radius 3 is 2.13 bits per heavy atom. The molecule has 0 aliphatic rings. The van der Waals surface area contributed by atoms with Gasteiger partial charge in [-0.2, -0.15) is 13.2 Å². The third-order valence-corrected chi connectivity index (χ3v) is 9.31. The van der Waals surface area contributed by atoms with Crippen molar-refractivity contribution < 1.29 is 36.0 Å². The molecule has 238 valence electrons. The molecule has 0 aliphatic heterocycles. The Morgan fingerprint density at radius 2 is 1.54 bits per heavy atom. The van der Waals surface area contributed by atoms with Crippen molar-refractivity contribution >= 4 is 32.5 Å². The zero-order valence-corrected chi connectivity index (χ0v) is 25.4. The first-order valence-corrected chi connectivity index (χ1v) is 15.4. The van der Waals surface area contributed by atoms with Crippen LogP contribution in [-0.2, 0) is 21.2 Å². The molecule has 1 aromatic heterocycles. The van der Waals surface area contributed by atoms with Crippen LogP contribution in [0, 0.1) is 17.0 Å². The first-order valence-electron chi connectivity index (χ1n) is 14.0. The van der Waals surface area contributed by atoms with Crippen molar-refractivity contribution in [3.63, 3.8) is 0 Å². The Labute approximate surface area is 262 Å². The number of para-hydroxylation sites is 1. The minimum Gasteiger partial charge on any atom is -0.497 e. The monoisotopic (exact) mass is 651 g/mol. The van der Waals surface area contributed by atoms with Crippen LogP contribution in [0.2, 0.25) is 0 Å². The minimum atomic E-state index is -5.45. The lowest BCUT2D eigenvalue weighted by molar-refractivity contribution is -0.526. The van der Waals surface area contributed by atoms with Crippen molar-refractivity contribution in [3.8, 4) is 5.75 Å². The number of hydrogen-bond donors (Lipinski definition) is 0. The lowest BCUT2D eigenvalue weighted by Crippen LogP contribution is -2.49. The van der Waals surface area contributed by atoms with Crippen LogP contribution in [-0.4, -0.2) is 42.5 Å². The molecule has 0 spiro atoms. The van der Waals surface area contributed by atoms with Crippen molar-refractivity contribution in [1.29, 1.82) is 0 Å². The van der Waals surface area contributed by atoms with Crippen molar-refractivity contribution in [1.82, 2.24) is 3.97 Å². The summed E-state index contributed by atoms with van der Waals surface area (Å²) >= 11 is 0. The fourth-order valence-electron chi connectivity index (χ4n) is 5.39. The van der Waals surface area contributed by atoms with E-state index < -0.39 is 39.1 Å². The maximum Gasteiger partial charge on any atom is 0.471 e. The van der Waals surface area contributed by atoms with Crippen LogP contribution >= 0.6 is 0 Å². The average molecular weight is 652 g/mol. The summed E-state index contributed by atoms with van der Waals surface area (Å²) in [4.78, 5) is 25.7. The third kappa shape index (κ3) is 6.31. The first-order chi connectivity index (χ1) is 21.8. The summed E-state index contributed by atoms with van der Waals surface area (Å²) in [6, 6.07) is 21.3. The lowest BCUT2D eigenvalue weighted by atomic mass is 9.91. The number of anilines is 1. The Bertz CT molecular complexity index is 1980. The van der Waals surface area contributed by atoms with E-state index in [0.29, 0.717) is 10.5 Å². The fraction of sp³-hybridized carbons (Fsp3) is 0.182. The zero-order valence-electron chi connectivity index (χ0n) is 24.6. The highest BCUT2D eigenvalue weighted by molar-refractivity contribution is 7.90. The lowest BCUT2D eigenvalue weighted by Gasteiger charge is -2.34. The number of methoxy groups -OCH3 is 1. The average Bonchev–Trinajstić information content (AvgIpc) is 3.43. The molecule has 0 fully saturated rings. The molecule has 0 saturated heterocycles. The molecule has 0 saturated carbocycles. The molecule has 46 heavy (non-hydrogen) atoms. The van der Waals surface area contributed by atoms with Crippen LogP contribution < -0.4 is 9.64 Å². The smallest absolute Gasteiger partial charge is 0.471 e. The molecule has 13 heteroatoms. The van der Waals surface area contributed by atoms with E-state index in [-0.39, 0.29) is 39.2 Å². The quantitative estimate of drug-likeness (QED) is 0.122. The number of carbonyl (C=O) groups is 1. The highest BCUT2D eigenvalue weighted by Crippen LogP contribution is 2.41. The van der Waals surface area contributed by atoms with Gasteiger partial charge in [0.1, 0.15) is 11.8 Å². The van der Waals surface area contributed by atoms with Crippen molar-refractivity contribution in [3.05, 3.63) is 136 Å².